The van der Waals surface area contributed by atoms with Crippen molar-refractivity contribution in [3.05, 3.63) is 24.3 Å². The Balaban J connectivity index is 2.29. The van der Waals surface area contributed by atoms with Crippen LogP contribution in [0, 0.1) is 0 Å². The van der Waals surface area contributed by atoms with Crippen molar-refractivity contribution < 1.29 is 4.74 Å². The third-order valence-electron chi connectivity index (χ3n) is 1.27. The summed E-state index contributed by atoms with van der Waals surface area (Å²) >= 11 is 0. The lowest BCUT2D eigenvalue weighted by molar-refractivity contribution is 0.411. The van der Waals surface area contributed by atoms with Crippen molar-refractivity contribution in [1.29, 1.82) is 0 Å². The van der Waals surface area contributed by atoms with Crippen molar-refractivity contribution in [3.63, 3.8) is 0 Å². The van der Waals surface area contributed by atoms with E-state index in [0.717, 1.165) is 12.3 Å². The largest absolute Gasteiger partial charge is 0.366 e. The van der Waals surface area contributed by atoms with Crippen LogP contribution in [0.15, 0.2) is 18.6 Å². The van der Waals surface area contributed by atoms with Gasteiger partial charge in [-0.3, -0.25) is 0 Å². The quantitative estimate of drug-likeness (QED) is 0.510. The molecule has 0 saturated carbocycles. The molecule has 1 aliphatic rings. The van der Waals surface area contributed by atoms with Gasteiger partial charge in [0.1, 0.15) is 12.4 Å². The first-order valence-electron chi connectivity index (χ1n) is 2.84. The zero-order valence-electron chi connectivity index (χ0n) is 4.82. The highest BCUT2D eigenvalue weighted by Crippen LogP contribution is 2.26. The molecular formula is C6H6N2O. The summed E-state index contributed by atoms with van der Waals surface area (Å²) in [6.45, 7) is 0.816. The SMILES string of the molecule is c1cc([C@@H]2CO2)ncn1. The molecule has 0 spiro atoms. The first-order chi connectivity index (χ1) is 4.47. The molecular weight excluding hydrogens is 116 g/mol. The summed E-state index contributed by atoms with van der Waals surface area (Å²) in [5, 5.41) is 0. The summed E-state index contributed by atoms with van der Waals surface area (Å²) in [5.41, 5.74) is 0.991. The van der Waals surface area contributed by atoms with E-state index >= 15 is 0 Å². The Hall–Kier alpha value is -0.960. The number of ether oxygens (including phenoxy) is 1. The molecule has 3 heteroatoms. The highest BCUT2D eigenvalue weighted by Gasteiger charge is 2.25. The molecule has 3 nitrogen and oxygen atoms in total. The molecule has 2 rings (SSSR count). The van der Waals surface area contributed by atoms with E-state index in [0.29, 0.717) is 0 Å². The van der Waals surface area contributed by atoms with Gasteiger partial charge in [-0.2, -0.15) is 0 Å². The van der Waals surface area contributed by atoms with E-state index in [1.807, 2.05) is 6.07 Å². The van der Waals surface area contributed by atoms with Crippen LogP contribution in [0.1, 0.15) is 11.8 Å². The van der Waals surface area contributed by atoms with Crippen LogP contribution in [0.3, 0.4) is 0 Å². The molecule has 0 radical (unpaired) electrons. The number of rotatable bonds is 1. The van der Waals surface area contributed by atoms with Crippen molar-refractivity contribution in [3.8, 4) is 0 Å². The first-order valence-corrected chi connectivity index (χ1v) is 2.84. The predicted molar refractivity (Wildman–Crippen MR) is 30.7 cm³/mol. The monoisotopic (exact) mass is 122 g/mol. The molecule has 46 valence electrons. The van der Waals surface area contributed by atoms with E-state index in [2.05, 4.69) is 9.97 Å². The van der Waals surface area contributed by atoms with Crippen LogP contribution in [0.4, 0.5) is 0 Å². The molecule has 1 aromatic rings. The predicted octanol–water partition coefficient (Wildman–Crippen LogP) is 0.548. The van der Waals surface area contributed by atoms with Gasteiger partial charge in [0.15, 0.2) is 0 Å². The Morgan fingerprint density at radius 2 is 2.56 bits per heavy atom. The van der Waals surface area contributed by atoms with E-state index in [-0.39, 0.29) is 6.10 Å². The summed E-state index contributed by atoms with van der Waals surface area (Å²) in [4.78, 5) is 7.79. The minimum Gasteiger partial charge on any atom is -0.366 e. The maximum absolute atomic E-state index is 5.00. The molecule has 1 aromatic heterocycles. The second-order valence-corrected chi connectivity index (χ2v) is 1.96. The van der Waals surface area contributed by atoms with Crippen molar-refractivity contribution >= 4 is 0 Å². The molecule has 0 unspecified atom stereocenters. The fourth-order valence-electron chi connectivity index (χ4n) is 0.710. The van der Waals surface area contributed by atoms with Crippen LogP contribution in [0.25, 0.3) is 0 Å². The lowest BCUT2D eigenvalue weighted by Crippen LogP contribution is -1.85. The Kier molecular flexibility index (Phi) is 0.960. The van der Waals surface area contributed by atoms with Crippen molar-refractivity contribution in [1.82, 2.24) is 9.97 Å². The fraction of sp³-hybridized carbons (Fsp3) is 0.333. The van der Waals surface area contributed by atoms with Crippen molar-refractivity contribution in [2.24, 2.45) is 0 Å². The zero-order valence-corrected chi connectivity index (χ0v) is 4.82. The maximum atomic E-state index is 5.00. The summed E-state index contributed by atoms with van der Waals surface area (Å²) in [6, 6.07) is 1.87. The minimum absolute atomic E-state index is 0.257. The molecule has 0 amide bonds. The highest BCUT2D eigenvalue weighted by molar-refractivity contribution is 5.06. The van der Waals surface area contributed by atoms with E-state index in [4.69, 9.17) is 4.74 Å². The van der Waals surface area contributed by atoms with Crippen LogP contribution in [0.5, 0.6) is 0 Å². The number of hydrogen-bond donors (Lipinski definition) is 0. The molecule has 1 aliphatic heterocycles. The molecule has 9 heavy (non-hydrogen) atoms. The maximum Gasteiger partial charge on any atom is 0.123 e. The third kappa shape index (κ3) is 0.907. The van der Waals surface area contributed by atoms with Crippen molar-refractivity contribution in [2.75, 3.05) is 6.61 Å². The van der Waals surface area contributed by atoms with Crippen LogP contribution >= 0.6 is 0 Å². The number of aromatic nitrogens is 2. The minimum atomic E-state index is 0.257. The number of epoxide rings is 1. The molecule has 0 N–H and O–H groups in total. The average Bonchev–Trinajstić information content (AvgIpc) is 2.71. The Bertz CT molecular complexity index is 195. The summed E-state index contributed by atoms with van der Waals surface area (Å²) in [6.07, 6.45) is 3.52. The van der Waals surface area contributed by atoms with Crippen LogP contribution in [0.2, 0.25) is 0 Å². The van der Waals surface area contributed by atoms with Crippen LogP contribution in [-0.4, -0.2) is 16.6 Å². The summed E-state index contributed by atoms with van der Waals surface area (Å²) in [7, 11) is 0. The first kappa shape index (κ1) is 4.88. The van der Waals surface area contributed by atoms with Gasteiger partial charge in [-0.25, -0.2) is 9.97 Å². The van der Waals surface area contributed by atoms with Gasteiger partial charge < -0.3 is 4.74 Å². The van der Waals surface area contributed by atoms with Gasteiger partial charge >= 0.3 is 0 Å². The average molecular weight is 122 g/mol. The smallest absolute Gasteiger partial charge is 0.123 e. The van der Waals surface area contributed by atoms with Gasteiger partial charge in [-0.15, -0.1) is 0 Å². The second kappa shape index (κ2) is 1.77. The number of nitrogens with zero attached hydrogens (tertiary/aromatic N) is 2. The van der Waals surface area contributed by atoms with E-state index < -0.39 is 0 Å². The Morgan fingerprint density at radius 3 is 3.11 bits per heavy atom. The van der Waals surface area contributed by atoms with E-state index in [1.54, 1.807) is 6.20 Å². The van der Waals surface area contributed by atoms with E-state index in [1.165, 1.54) is 6.33 Å². The van der Waals surface area contributed by atoms with Gasteiger partial charge in [0.05, 0.1) is 12.3 Å². The molecule has 2 heterocycles. The molecule has 1 fully saturated rings. The third-order valence-corrected chi connectivity index (χ3v) is 1.27. The van der Waals surface area contributed by atoms with Crippen LogP contribution < -0.4 is 0 Å². The summed E-state index contributed by atoms with van der Waals surface area (Å²) in [5.74, 6) is 0. The lowest BCUT2D eigenvalue weighted by Gasteiger charge is -1.88. The molecule has 1 saturated heterocycles. The highest BCUT2D eigenvalue weighted by atomic mass is 16.6. The van der Waals surface area contributed by atoms with E-state index in [9.17, 15) is 0 Å². The standard InChI is InChI=1S/C6H6N2O/c1-2-7-4-8-5(1)6-3-9-6/h1-2,4,6H,3H2/t6-/m0/s1. The van der Waals surface area contributed by atoms with Crippen LogP contribution in [-0.2, 0) is 4.74 Å². The van der Waals surface area contributed by atoms with Gasteiger partial charge in [-0.1, -0.05) is 0 Å². The van der Waals surface area contributed by atoms with Gasteiger partial charge in [0.2, 0.25) is 0 Å². The van der Waals surface area contributed by atoms with Crippen molar-refractivity contribution in [2.45, 2.75) is 6.10 Å². The summed E-state index contributed by atoms with van der Waals surface area (Å²) < 4.78 is 5.00. The molecule has 1 atom stereocenters. The normalized spacial score (nSPS) is 23.8. The zero-order chi connectivity index (χ0) is 6.10. The molecule has 0 aromatic carbocycles. The van der Waals surface area contributed by atoms with Gasteiger partial charge in [-0.05, 0) is 6.07 Å². The topological polar surface area (TPSA) is 38.3 Å². The van der Waals surface area contributed by atoms with Gasteiger partial charge in [0.25, 0.3) is 0 Å². The Labute approximate surface area is 52.7 Å². The van der Waals surface area contributed by atoms with Gasteiger partial charge in [0, 0.05) is 6.20 Å². The second-order valence-electron chi connectivity index (χ2n) is 1.96. The number of hydrogen-bond acceptors (Lipinski definition) is 3. The molecule has 0 bridgehead atoms. The lowest BCUT2D eigenvalue weighted by atomic mass is 10.3. The Morgan fingerprint density at radius 1 is 1.67 bits per heavy atom. The molecule has 0 aliphatic carbocycles. The fourth-order valence-corrected chi connectivity index (χ4v) is 0.710.